The highest BCUT2D eigenvalue weighted by molar-refractivity contribution is 5.20. The van der Waals surface area contributed by atoms with Crippen molar-refractivity contribution in [2.75, 3.05) is 19.6 Å². The molecule has 1 aromatic rings. The highest BCUT2D eigenvalue weighted by Crippen LogP contribution is 2.16. The fraction of sp³-hybridized carbons (Fsp3) is 0.750. The van der Waals surface area contributed by atoms with E-state index in [4.69, 9.17) is 4.52 Å². The van der Waals surface area contributed by atoms with E-state index in [0.29, 0.717) is 6.04 Å². The highest BCUT2D eigenvalue weighted by atomic mass is 16.5. The molecule has 1 unspecified atom stereocenters. The predicted molar refractivity (Wildman–Crippen MR) is 63.3 cm³/mol. The van der Waals surface area contributed by atoms with Crippen LogP contribution < -0.4 is 5.32 Å². The van der Waals surface area contributed by atoms with E-state index in [-0.39, 0.29) is 0 Å². The zero-order valence-corrected chi connectivity index (χ0v) is 10.4. The van der Waals surface area contributed by atoms with Crippen LogP contribution in [0.2, 0.25) is 0 Å². The molecule has 1 fully saturated rings. The van der Waals surface area contributed by atoms with Crippen LogP contribution in [0.25, 0.3) is 0 Å². The smallest absolute Gasteiger partial charge is 0.138 e. The minimum Gasteiger partial charge on any atom is -0.361 e. The van der Waals surface area contributed by atoms with Crippen LogP contribution in [-0.2, 0) is 6.54 Å². The Hall–Kier alpha value is -0.870. The Morgan fingerprint density at radius 2 is 2.31 bits per heavy atom. The molecule has 0 aromatic carbocycles. The van der Waals surface area contributed by atoms with Crippen molar-refractivity contribution in [1.29, 1.82) is 0 Å². The van der Waals surface area contributed by atoms with E-state index in [1.165, 1.54) is 12.0 Å². The van der Waals surface area contributed by atoms with Gasteiger partial charge in [-0.2, -0.15) is 0 Å². The minimum absolute atomic E-state index is 0.572. The lowest BCUT2D eigenvalue weighted by Gasteiger charge is -2.21. The molecule has 1 saturated heterocycles. The molecule has 16 heavy (non-hydrogen) atoms. The monoisotopic (exact) mass is 223 g/mol. The summed E-state index contributed by atoms with van der Waals surface area (Å²) in [7, 11) is 0. The van der Waals surface area contributed by atoms with Crippen molar-refractivity contribution in [2.45, 2.75) is 39.8 Å². The summed E-state index contributed by atoms with van der Waals surface area (Å²) in [6, 6.07) is 0.572. The van der Waals surface area contributed by atoms with Crippen molar-refractivity contribution in [1.82, 2.24) is 15.4 Å². The maximum atomic E-state index is 5.20. The van der Waals surface area contributed by atoms with Crippen LogP contribution in [0.3, 0.4) is 0 Å². The first-order chi connectivity index (χ1) is 7.66. The second-order valence-corrected chi connectivity index (χ2v) is 4.75. The SMILES string of the molecule is Cc1noc(C)c1CN1CCCNC(C)C1. The molecule has 1 aliphatic rings. The summed E-state index contributed by atoms with van der Waals surface area (Å²) >= 11 is 0. The fourth-order valence-electron chi connectivity index (χ4n) is 2.29. The van der Waals surface area contributed by atoms with Crippen LogP contribution in [0.1, 0.15) is 30.4 Å². The number of aromatic nitrogens is 1. The van der Waals surface area contributed by atoms with Crippen LogP contribution in [0, 0.1) is 13.8 Å². The standard InChI is InChI=1S/C12H21N3O/c1-9-7-15(6-4-5-13-9)8-12-10(2)14-16-11(12)3/h9,13H,4-8H2,1-3H3. The van der Waals surface area contributed by atoms with Crippen LogP contribution in [0.5, 0.6) is 0 Å². The van der Waals surface area contributed by atoms with Gasteiger partial charge in [0.2, 0.25) is 0 Å². The van der Waals surface area contributed by atoms with Gasteiger partial charge in [0.05, 0.1) is 5.69 Å². The first kappa shape index (κ1) is 11.6. The van der Waals surface area contributed by atoms with E-state index in [1.807, 2.05) is 13.8 Å². The van der Waals surface area contributed by atoms with Crippen molar-refractivity contribution < 1.29 is 4.52 Å². The molecular weight excluding hydrogens is 202 g/mol. The summed E-state index contributed by atoms with van der Waals surface area (Å²) in [5.74, 6) is 0.961. The molecule has 0 amide bonds. The van der Waals surface area contributed by atoms with Gasteiger partial charge < -0.3 is 9.84 Å². The summed E-state index contributed by atoms with van der Waals surface area (Å²) in [6.45, 7) is 10.6. The molecule has 1 aliphatic heterocycles. The van der Waals surface area contributed by atoms with Gasteiger partial charge in [0.15, 0.2) is 0 Å². The Labute approximate surface area is 97.0 Å². The molecule has 4 nitrogen and oxygen atoms in total. The van der Waals surface area contributed by atoms with Crippen molar-refractivity contribution >= 4 is 0 Å². The van der Waals surface area contributed by atoms with Crippen molar-refractivity contribution in [3.8, 4) is 0 Å². The Bertz CT molecular complexity index is 329. The average molecular weight is 223 g/mol. The Kier molecular flexibility index (Phi) is 3.61. The normalized spacial score (nSPS) is 23.3. The Morgan fingerprint density at radius 1 is 1.50 bits per heavy atom. The van der Waals surface area contributed by atoms with E-state index < -0.39 is 0 Å². The molecule has 0 aliphatic carbocycles. The third-order valence-corrected chi connectivity index (χ3v) is 3.24. The summed E-state index contributed by atoms with van der Waals surface area (Å²) in [4.78, 5) is 2.48. The van der Waals surface area contributed by atoms with Crippen molar-refractivity contribution in [2.24, 2.45) is 0 Å². The summed E-state index contributed by atoms with van der Waals surface area (Å²) < 4.78 is 5.20. The molecule has 0 radical (unpaired) electrons. The van der Waals surface area contributed by atoms with Gasteiger partial charge in [-0.15, -0.1) is 0 Å². The summed E-state index contributed by atoms with van der Waals surface area (Å²) in [5.41, 5.74) is 2.29. The molecule has 1 N–H and O–H groups in total. The lowest BCUT2D eigenvalue weighted by Crippen LogP contribution is -2.35. The topological polar surface area (TPSA) is 41.3 Å². The van der Waals surface area contributed by atoms with Gasteiger partial charge in [-0.05, 0) is 40.3 Å². The first-order valence-corrected chi connectivity index (χ1v) is 6.04. The van der Waals surface area contributed by atoms with Gasteiger partial charge in [-0.1, -0.05) is 5.16 Å². The Morgan fingerprint density at radius 3 is 3.00 bits per heavy atom. The number of hydrogen-bond donors (Lipinski definition) is 1. The number of nitrogens with zero attached hydrogens (tertiary/aromatic N) is 2. The van der Waals surface area contributed by atoms with Gasteiger partial charge >= 0.3 is 0 Å². The minimum atomic E-state index is 0.572. The third-order valence-electron chi connectivity index (χ3n) is 3.24. The molecule has 4 heteroatoms. The van der Waals surface area contributed by atoms with Crippen LogP contribution in [0.4, 0.5) is 0 Å². The van der Waals surface area contributed by atoms with Crippen LogP contribution in [0.15, 0.2) is 4.52 Å². The van der Waals surface area contributed by atoms with Gasteiger partial charge in [0, 0.05) is 24.7 Å². The molecule has 2 heterocycles. The highest BCUT2D eigenvalue weighted by Gasteiger charge is 2.17. The second kappa shape index (κ2) is 4.97. The quantitative estimate of drug-likeness (QED) is 0.824. The molecule has 0 spiro atoms. The maximum Gasteiger partial charge on any atom is 0.138 e. The first-order valence-electron chi connectivity index (χ1n) is 6.04. The largest absolute Gasteiger partial charge is 0.361 e. The number of nitrogens with one attached hydrogen (secondary N) is 1. The summed E-state index contributed by atoms with van der Waals surface area (Å²) in [5, 5.41) is 7.51. The molecule has 90 valence electrons. The van der Waals surface area contributed by atoms with Gasteiger partial charge in [-0.25, -0.2) is 0 Å². The lowest BCUT2D eigenvalue weighted by molar-refractivity contribution is 0.262. The maximum absolute atomic E-state index is 5.20. The van der Waals surface area contributed by atoms with Crippen molar-refractivity contribution in [3.63, 3.8) is 0 Å². The van der Waals surface area contributed by atoms with E-state index in [0.717, 1.165) is 37.6 Å². The van der Waals surface area contributed by atoms with E-state index in [9.17, 15) is 0 Å². The van der Waals surface area contributed by atoms with Crippen LogP contribution >= 0.6 is 0 Å². The Balaban J connectivity index is 2.03. The van der Waals surface area contributed by atoms with E-state index in [2.05, 4.69) is 22.3 Å². The molecular formula is C12H21N3O. The van der Waals surface area contributed by atoms with Crippen LogP contribution in [-0.4, -0.2) is 35.7 Å². The fourth-order valence-corrected chi connectivity index (χ4v) is 2.29. The zero-order chi connectivity index (χ0) is 11.5. The lowest BCUT2D eigenvalue weighted by atomic mass is 10.2. The van der Waals surface area contributed by atoms with Gasteiger partial charge in [0.1, 0.15) is 5.76 Å². The van der Waals surface area contributed by atoms with Crippen molar-refractivity contribution in [3.05, 3.63) is 17.0 Å². The number of rotatable bonds is 2. The molecule has 2 rings (SSSR count). The zero-order valence-electron chi connectivity index (χ0n) is 10.4. The predicted octanol–water partition coefficient (Wildman–Crippen LogP) is 1.48. The van der Waals surface area contributed by atoms with E-state index in [1.54, 1.807) is 0 Å². The average Bonchev–Trinajstić information content (AvgIpc) is 2.47. The van der Waals surface area contributed by atoms with E-state index >= 15 is 0 Å². The van der Waals surface area contributed by atoms with Gasteiger partial charge in [0.25, 0.3) is 0 Å². The second-order valence-electron chi connectivity index (χ2n) is 4.75. The molecule has 0 bridgehead atoms. The number of aryl methyl sites for hydroxylation is 2. The summed E-state index contributed by atoms with van der Waals surface area (Å²) in [6.07, 6.45) is 1.22. The third kappa shape index (κ3) is 2.62. The molecule has 1 aromatic heterocycles. The molecule has 0 saturated carbocycles. The molecule has 1 atom stereocenters. The van der Waals surface area contributed by atoms with Gasteiger partial charge in [-0.3, -0.25) is 4.90 Å². The number of hydrogen-bond acceptors (Lipinski definition) is 4.